The minimum absolute atomic E-state index is 0.688. The SMILES string of the molecule is Nc1ccccc1-c1[c]cco1. The van der Waals surface area contributed by atoms with E-state index < -0.39 is 0 Å². The largest absolute Gasteiger partial charge is 0.464 e. The first-order chi connectivity index (χ1) is 5.88. The highest BCUT2D eigenvalue weighted by Crippen LogP contribution is 2.24. The van der Waals surface area contributed by atoms with Gasteiger partial charge in [0.05, 0.1) is 6.26 Å². The summed E-state index contributed by atoms with van der Waals surface area (Å²) in [6.07, 6.45) is 1.59. The molecule has 2 N–H and O–H groups in total. The van der Waals surface area contributed by atoms with Gasteiger partial charge in [-0.15, -0.1) is 0 Å². The van der Waals surface area contributed by atoms with Crippen LogP contribution in [-0.2, 0) is 0 Å². The minimum atomic E-state index is 0.688. The topological polar surface area (TPSA) is 39.2 Å². The van der Waals surface area contributed by atoms with Crippen LogP contribution in [-0.4, -0.2) is 0 Å². The van der Waals surface area contributed by atoms with Crippen LogP contribution in [0.2, 0.25) is 0 Å². The summed E-state index contributed by atoms with van der Waals surface area (Å²) in [6, 6.07) is 12.2. The molecule has 0 unspecified atom stereocenters. The molecule has 0 amide bonds. The maximum atomic E-state index is 5.73. The van der Waals surface area contributed by atoms with Crippen molar-refractivity contribution >= 4 is 5.69 Å². The van der Waals surface area contributed by atoms with Crippen molar-refractivity contribution in [3.05, 3.63) is 42.7 Å². The molecule has 0 fully saturated rings. The second kappa shape index (κ2) is 2.74. The fourth-order valence-corrected chi connectivity index (χ4v) is 1.09. The summed E-state index contributed by atoms with van der Waals surface area (Å²) in [7, 11) is 0. The van der Waals surface area contributed by atoms with Crippen molar-refractivity contribution in [2.75, 3.05) is 5.73 Å². The summed E-state index contributed by atoms with van der Waals surface area (Å²) in [5, 5.41) is 0. The van der Waals surface area contributed by atoms with Gasteiger partial charge in [0.2, 0.25) is 0 Å². The van der Waals surface area contributed by atoms with Crippen LogP contribution in [0.25, 0.3) is 11.3 Å². The molecule has 0 bridgehead atoms. The van der Waals surface area contributed by atoms with Gasteiger partial charge in [-0.05, 0) is 18.2 Å². The molecule has 59 valence electrons. The van der Waals surface area contributed by atoms with E-state index in [-0.39, 0.29) is 0 Å². The number of nitrogen functional groups attached to an aromatic ring is 1. The van der Waals surface area contributed by atoms with Gasteiger partial charge in [-0.2, -0.15) is 0 Å². The Bertz CT molecular complexity index is 365. The van der Waals surface area contributed by atoms with Crippen LogP contribution in [0, 0.1) is 6.07 Å². The number of anilines is 1. The Morgan fingerprint density at radius 2 is 2.08 bits per heavy atom. The highest BCUT2D eigenvalue weighted by Gasteiger charge is 2.02. The van der Waals surface area contributed by atoms with Gasteiger partial charge in [0.25, 0.3) is 0 Å². The summed E-state index contributed by atoms with van der Waals surface area (Å²) in [4.78, 5) is 0. The van der Waals surface area contributed by atoms with Gasteiger partial charge in [-0.1, -0.05) is 12.1 Å². The average Bonchev–Trinajstić information content (AvgIpc) is 2.57. The zero-order chi connectivity index (χ0) is 8.39. The summed E-state index contributed by atoms with van der Waals surface area (Å²) in [6.45, 7) is 0. The maximum absolute atomic E-state index is 5.73. The molecule has 0 atom stereocenters. The van der Waals surface area contributed by atoms with E-state index in [0.29, 0.717) is 11.4 Å². The maximum Gasteiger partial charge on any atom is 0.143 e. The van der Waals surface area contributed by atoms with Crippen molar-refractivity contribution in [2.45, 2.75) is 0 Å². The molecule has 1 heterocycles. The van der Waals surface area contributed by atoms with Crippen LogP contribution in [0.1, 0.15) is 0 Å². The van der Waals surface area contributed by atoms with Crippen molar-refractivity contribution in [2.24, 2.45) is 0 Å². The molecule has 2 aromatic rings. The molecule has 2 heteroatoms. The number of hydrogen-bond acceptors (Lipinski definition) is 2. The van der Waals surface area contributed by atoms with E-state index in [1.165, 1.54) is 0 Å². The van der Waals surface area contributed by atoms with E-state index in [9.17, 15) is 0 Å². The molecular weight excluding hydrogens is 150 g/mol. The smallest absolute Gasteiger partial charge is 0.143 e. The predicted octanol–water partition coefficient (Wildman–Crippen LogP) is 2.33. The first kappa shape index (κ1) is 6.98. The normalized spacial score (nSPS) is 10.0. The molecule has 1 aromatic carbocycles. The molecule has 12 heavy (non-hydrogen) atoms. The van der Waals surface area contributed by atoms with Crippen LogP contribution in [0.15, 0.2) is 41.0 Å². The highest BCUT2D eigenvalue weighted by molar-refractivity contribution is 5.71. The van der Waals surface area contributed by atoms with Gasteiger partial charge < -0.3 is 10.2 Å². The molecule has 2 nitrogen and oxygen atoms in total. The van der Waals surface area contributed by atoms with Crippen LogP contribution in [0.3, 0.4) is 0 Å². The molecule has 0 aliphatic heterocycles. The zero-order valence-corrected chi connectivity index (χ0v) is 6.45. The van der Waals surface area contributed by atoms with Crippen LogP contribution in [0.5, 0.6) is 0 Å². The zero-order valence-electron chi connectivity index (χ0n) is 6.45. The monoisotopic (exact) mass is 158 g/mol. The second-order valence-electron chi connectivity index (χ2n) is 2.48. The fourth-order valence-electron chi connectivity index (χ4n) is 1.09. The molecule has 0 saturated carbocycles. The van der Waals surface area contributed by atoms with Gasteiger partial charge in [-0.25, -0.2) is 0 Å². The minimum Gasteiger partial charge on any atom is -0.464 e. The lowest BCUT2D eigenvalue weighted by Gasteiger charge is -1.99. The lowest BCUT2D eigenvalue weighted by Crippen LogP contribution is -1.87. The highest BCUT2D eigenvalue weighted by atomic mass is 16.3. The van der Waals surface area contributed by atoms with Gasteiger partial charge >= 0.3 is 0 Å². The van der Waals surface area contributed by atoms with Crippen LogP contribution in [0.4, 0.5) is 5.69 Å². The predicted molar refractivity (Wildman–Crippen MR) is 47.4 cm³/mol. The van der Waals surface area contributed by atoms with Gasteiger partial charge in [0, 0.05) is 17.3 Å². The summed E-state index contributed by atoms with van der Waals surface area (Å²) < 4.78 is 5.16. The third-order valence-electron chi connectivity index (χ3n) is 1.67. The average molecular weight is 158 g/mol. The Morgan fingerprint density at radius 1 is 1.25 bits per heavy atom. The molecule has 0 aliphatic rings. The number of furan rings is 1. The quantitative estimate of drug-likeness (QED) is 0.647. The van der Waals surface area contributed by atoms with Crippen molar-refractivity contribution in [3.63, 3.8) is 0 Å². The number of nitrogens with two attached hydrogens (primary N) is 1. The lowest BCUT2D eigenvalue weighted by molar-refractivity contribution is 0.582. The van der Waals surface area contributed by atoms with E-state index in [4.69, 9.17) is 10.2 Å². The van der Waals surface area contributed by atoms with E-state index in [0.717, 1.165) is 5.56 Å². The number of hydrogen-bond donors (Lipinski definition) is 1. The fraction of sp³-hybridized carbons (Fsp3) is 0. The third kappa shape index (κ3) is 1.07. The van der Waals surface area contributed by atoms with Crippen molar-refractivity contribution in [3.8, 4) is 11.3 Å². The van der Waals surface area contributed by atoms with E-state index >= 15 is 0 Å². The third-order valence-corrected chi connectivity index (χ3v) is 1.67. The summed E-state index contributed by atoms with van der Waals surface area (Å²) >= 11 is 0. The summed E-state index contributed by atoms with van der Waals surface area (Å²) in [5.74, 6) is 0.688. The Hall–Kier alpha value is -1.70. The van der Waals surface area contributed by atoms with E-state index in [1.807, 2.05) is 24.3 Å². The molecule has 0 aliphatic carbocycles. The Morgan fingerprint density at radius 3 is 2.75 bits per heavy atom. The van der Waals surface area contributed by atoms with Crippen molar-refractivity contribution in [1.82, 2.24) is 0 Å². The number of benzene rings is 1. The Kier molecular flexibility index (Phi) is 1.59. The Labute approximate surface area is 70.6 Å². The van der Waals surface area contributed by atoms with E-state index in [2.05, 4.69) is 6.07 Å². The lowest BCUT2D eigenvalue weighted by atomic mass is 10.1. The summed E-state index contributed by atoms with van der Waals surface area (Å²) in [5.41, 5.74) is 7.33. The molecule has 2 rings (SSSR count). The molecule has 0 spiro atoms. The van der Waals surface area contributed by atoms with Gasteiger partial charge in [-0.3, -0.25) is 0 Å². The molecule has 1 aromatic heterocycles. The standard InChI is InChI=1S/C10H8NO/c11-9-5-2-1-4-8(9)10-6-3-7-12-10/h1-5,7H,11H2. The van der Waals surface area contributed by atoms with Crippen molar-refractivity contribution < 1.29 is 4.42 Å². The first-order valence-electron chi connectivity index (χ1n) is 3.68. The molecular formula is C10H8NO. The van der Waals surface area contributed by atoms with Crippen LogP contribution >= 0.6 is 0 Å². The number of para-hydroxylation sites is 1. The molecule has 0 saturated heterocycles. The van der Waals surface area contributed by atoms with E-state index in [1.54, 1.807) is 12.3 Å². The van der Waals surface area contributed by atoms with Crippen molar-refractivity contribution in [1.29, 1.82) is 0 Å². The van der Waals surface area contributed by atoms with Crippen LogP contribution < -0.4 is 5.73 Å². The Balaban J connectivity index is 2.55. The second-order valence-corrected chi connectivity index (χ2v) is 2.48. The number of rotatable bonds is 1. The van der Waals surface area contributed by atoms with Gasteiger partial charge in [0.15, 0.2) is 0 Å². The first-order valence-corrected chi connectivity index (χ1v) is 3.68. The van der Waals surface area contributed by atoms with Gasteiger partial charge in [0.1, 0.15) is 5.76 Å². The molecule has 1 radical (unpaired) electrons.